The molecule has 0 unspecified atom stereocenters. The van der Waals surface area contributed by atoms with E-state index in [4.69, 9.17) is 5.10 Å². The Morgan fingerprint density at radius 3 is 2.41 bits per heavy atom. The van der Waals surface area contributed by atoms with Crippen LogP contribution in [0.25, 0.3) is 5.65 Å². The van der Waals surface area contributed by atoms with Gasteiger partial charge >= 0.3 is 0 Å². The minimum Gasteiger partial charge on any atom is -0.378 e. The fraction of sp³-hybridized carbons (Fsp3) is 0.476. The Hall–Kier alpha value is -2.63. The number of anilines is 2. The van der Waals surface area contributed by atoms with Crippen molar-refractivity contribution in [2.45, 2.75) is 53.0 Å². The van der Waals surface area contributed by atoms with E-state index in [1.807, 2.05) is 16.6 Å². The Labute approximate surface area is 161 Å². The molecule has 0 aliphatic heterocycles. The first kappa shape index (κ1) is 19.1. The van der Waals surface area contributed by atoms with E-state index in [9.17, 15) is 0 Å². The molecular formula is C21H30N6. The summed E-state index contributed by atoms with van der Waals surface area (Å²) in [6.45, 7) is 10.3. The molecule has 2 aromatic heterocycles. The summed E-state index contributed by atoms with van der Waals surface area (Å²) in [7, 11) is 0. The summed E-state index contributed by atoms with van der Waals surface area (Å²) in [5, 5.41) is 20.5. The lowest BCUT2D eigenvalue weighted by Crippen LogP contribution is -2.15. The highest BCUT2D eigenvalue weighted by molar-refractivity contribution is 5.70. The van der Waals surface area contributed by atoms with Gasteiger partial charge in [0.15, 0.2) is 5.82 Å². The van der Waals surface area contributed by atoms with Gasteiger partial charge in [-0.15, -0.1) is 15.3 Å². The van der Waals surface area contributed by atoms with Crippen LogP contribution in [0, 0.1) is 5.92 Å². The molecule has 2 N–H and O–H groups in total. The second-order valence-corrected chi connectivity index (χ2v) is 7.29. The van der Waals surface area contributed by atoms with Gasteiger partial charge in [0, 0.05) is 25.1 Å². The highest BCUT2D eigenvalue weighted by atomic mass is 15.4. The van der Waals surface area contributed by atoms with Crippen LogP contribution in [-0.4, -0.2) is 26.4 Å². The lowest BCUT2D eigenvalue weighted by molar-refractivity contribution is 0.518. The van der Waals surface area contributed by atoms with Crippen LogP contribution in [0.5, 0.6) is 0 Å². The van der Waals surface area contributed by atoms with Crippen molar-refractivity contribution in [1.29, 1.82) is 0 Å². The summed E-state index contributed by atoms with van der Waals surface area (Å²) in [6, 6.07) is 12.4. The predicted octanol–water partition coefficient (Wildman–Crippen LogP) is 4.71. The summed E-state index contributed by atoms with van der Waals surface area (Å²) < 4.78 is 1.87. The molecule has 2 heterocycles. The molecule has 0 spiro atoms. The molecule has 0 aliphatic rings. The lowest BCUT2D eigenvalue weighted by Gasteiger charge is -2.15. The van der Waals surface area contributed by atoms with Gasteiger partial charge in [-0.2, -0.15) is 4.52 Å². The maximum absolute atomic E-state index is 4.75. The van der Waals surface area contributed by atoms with Crippen LogP contribution in [-0.2, 0) is 6.54 Å². The molecule has 0 saturated carbocycles. The van der Waals surface area contributed by atoms with E-state index in [1.165, 1.54) is 5.56 Å². The summed E-state index contributed by atoms with van der Waals surface area (Å²) >= 11 is 0. The van der Waals surface area contributed by atoms with Crippen LogP contribution < -0.4 is 10.6 Å². The van der Waals surface area contributed by atoms with Crippen molar-refractivity contribution >= 4 is 17.2 Å². The number of hydrogen-bond acceptors (Lipinski definition) is 5. The molecule has 3 aromatic rings. The van der Waals surface area contributed by atoms with Gasteiger partial charge in [-0.05, 0) is 11.5 Å². The van der Waals surface area contributed by atoms with Gasteiger partial charge in [0.1, 0.15) is 5.82 Å². The van der Waals surface area contributed by atoms with Gasteiger partial charge in [-0.3, -0.25) is 0 Å². The molecule has 3 rings (SSSR count). The van der Waals surface area contributed by atoms with Crippen molar-refractivity contribution < 1.29 is 0 Å². The zero-order chi connectivity index (χ0) is 19.2. The van der Waals surface area contributed by atoms with Gasteiger partial charge in [0.25, 0.3) is 0 Å². The SMILES string of the molecule is CCC(CC)CNc1cc(NCc2ccccc2)c2nnc(C(C)C)n2n1. The number of benzene rings is 1. The molecule has 6 heteroatoms. The smallest absolute Gasteiger partial charge is 0.201 e. The third kappa shape index (κ3) is 4.56. The van der Waals surface area contributed by atoms with Crippen LogP contribution in [0.15, 0.2) is 36.4 Å². The van der Waals surface area contributed by atoms with Crippen LogP contribution in [0.4, 0.5) is 11.5 Å². The van der Waals surface area contributed by atoms with Crippen LogP contribution in [0.3, 0.4) is 0 Å². The second kappa shape index (κ2) is 8.84. The first-order valence-corrected chi connectivity index (χ1v) is 9.90. The quantitative estimate of drug-likeness (QED) is 0.574. The van der Waals surface area contributed by atoms with Crippen LogP contribution >= 0.6 is 0 Å². The van der Waals surface area contributed by atoms with E-state index < -0.39 is 0 Å². The highest BCUT2D eigenvalue weighted by Gasteiger charge is 2.16. The first-order chi connectivity index (χ1) is 13.1. The third-order valence-electron chi connectivity index (χ3n) is 4.96. The Morgan fingerprint density at radius 1 is 1.00 bits per heavy atom. The Morgan fingerprint density at radius 2 is 1.74 bits per heavy atom. The van der Waals surface area contributed by atoms with Gasteiger partial charge in [-0.1, -0.05) is 70.9 Å². The Kier molecular flexibility index (Phi) is 6.27. The Balaban J connectivity index is 1.89. The topological polar surface area (TPSA) is 67.1 Å². The minimum atomic E-state index is 0.253. The normalized spacial score (nSPS) is 11.5. The van der Waals surface area contributed by atoms with Crippen molar-refractivity contribution in [1.82, 2.24) is 19.8 Å². The van der Waals surface area contributed by atoms with Gasteiger partial charge in [0.2, 0.25) is 5.65 Å². The average Bonchev–Trinajstić information content (AvgIpc) is 3.12. The molecule has 0 bridgehead atoms. The second-order valence-electron chi connectivity index (χ2n) is 7.29. The number of fused-ring (bicyclic) bond motifs is 1. The van der Waals surface area contributed by atoms with E-state index in [2.05, 4.69) is 72.8 Å². The zero-order valence-electron chi connectivity index (χ0n) is 16.7. The average molecular weight is 367 g/mol. The number of nitrogens with one attached hydrogen (secondary N) is 2. The van der Waals surface area contributed by atoms with E-state index in [0.29, 0.717) is 5.92 Å². The molecule has 0 radical (unpaired) electrons. The molecule has 0 atom stereocenters. The summed E-state index contributed by atoms with van der Waals surface area (Å²) in [4.78, 5) is 0. The van der Waals surface area contributed by atoms with Gasteiger partial charge in [-0.25, -0.2) is 0 Å². The van der Waals surface area contributed by atoms with Crippen molar-refractivity contribution in [3.8, 4) is 0 Å². The standard InChI is InChI=1S/C21H30N6/c1-5-16(6-2)13-23-19-12-18(22-14-17-10-8-7-9-11-17)21-25-24-20(15(3)4)27(21)26-19/h7-12,15-16,22H,5-6,13-14H2,1-4H3,(H,23,26). The number of aromatic nitrogens is 4. The van der Waals surface area contributed by atoms with Crippen molar-refractivity contribution in [2.24, 2.45) is 5.92 Å². The van der Waals surface area contributed by atoms with Crippen molar-refractivity contribution in [2.75, 3.05) is 17.2 Å². The maximum atomic E-state index is 4.75. The highest BCUT2D eigenvalue weighted by Crippen LogP contribution is 2.23. The van der Waals surface area contributed by atoms with E-state index in [1.54, 1.807) is 0 Å². The Bertz CT molecular complexity index is 852. The molecule has 0 aliphatic carbocycles. The minimum absolute atomic E-state index is 0.253. The molecular weight excluding hydrogens is 336 g/mol. The summed E-state index contributed by atoms with van der Waals surface area (Å²) in [5.41, 5.74) is 2.94. The zero-order valence-corrected chi connectivity index (χ0v) is 16.7. The largest absolute Gasteiger partial charge is 0.378 e. The van der Waals surface area contributed by atoms with Crippen molar-refractivity contribution in [3.05, 3.63) is 47.8 Å². The van der Waals surface area contributed by atoms with E-state index in [0.717, 1.165) is 48.9 Å². The molecule has 6 nitrogen and oxygen atoms in total. The van der Waals surface area contributed by atoms with Crippen LogP contribution in [0.2, 0.25) is 0 Å². The van der Waals surface area contributed by atoms with E-state index in [-0.39, 0.29) is 5.92 Å². The number of rotatable bonds is 9. The van der Waals surface area contributed by atoms with Gasteiger partial charge < -0.3 is 10.6 Å². The van der Waals surface area contributed by atoms with Crippen LogP contribution in [0.1, 0.15) is 57.8 Å². The summed E-state index contributed by atoms with van der Waals surface area (Å²) in [5.74, 6) is 2.63. The monoisotopic (exact) mass is 366 g/mol. The first-order valence-electron chi connectivity index (χ1n) is 9.90. The molecule has 0 fully saturated rings. The molecule has 0 saturated heterocycles. The fourth-order valence-electron chi connectivity index (χ4n) is 3.09. The third-order valence-corrected chi connectivity index (χ3v) is 4.96. The van der Waals surface area contributed by atoms with Crippen molar-refractivity contribution in [3.63, 3.8) is 0 Å². The molecule has 144 valence electrons. The number of nitrogens with zero attached hydrogens (tertiary/aromatic N) is 4. The number of hydrogen-bond donors (Lipinski definition) is 2. The molecule has 1 aromatic carbocycles. The lowest BCUT2D eigenvalue weighted by atomic mass is 10.0. The van der Waals surface area contributed by atoms with Gasteiger partial charge in [0.05, 0.1) is 5.69 Å². The summed E-state index contributed by atoms with van der Waals surface area (Å²) in [6.07, 6.45) is 2.32. The molecule has 0 amide bonds. The maximum Gasteiger partial charge on any atom is 0.201 e. The predicted molar refractivity (Wildman–Crippen MR) is 111 cm³/mol. The fourth-order valence-corrected chi connectivity index (χ4v) is 3.09. The molecule has 27 heavy (non-hydrogen) atoms. The van der Waals surface area contributed by atoms with E-state index >= 15 is 0 Å².